The Kier molecular flexibility index (Phi) is 6.39. The molecule has 5 nitrogen and oxygen atoms in total. The molecule has 1 atom stereocenters. The van der Waals surface area contributed by atoms with Crippen LogP contribution in [0.15, 0.2) is 41.8 Å². The first kappa shape index (κ1) is 16.5. The van der Waals surface area contributed by atoms with Gasteiger partial charge in [0.2, 0.25) is 0 Å². The molecule has 0 saturated heterocycles. The van der Waals surface area contributed by atoms with Crippen LogP contribution in [-0.2, 0) is 11.3 Å². The lowest BCUT2D eigenvalue weighted by Crippen LogP contribution is -2.34. The van der Waals surface area contributed by atoms with Gasteiger partial charge < -0.3 is 19.9 Å². The molecule has 2 rings (SSSR count). The van der Waals surface area contributed by atoms with Crippen LogP contribution in [-0.4, -0.2) is 37.4 Å². The van der Waals surface area contributed by atoms with Crippen molar-refractivity contribution in [1.29, 1.82) is 0 Å². The standard InChI is InChI=1S/C16H19NO4S/c1-20-14-6-4-12(5-7-14)10-21-11-13(18)9-17-16(19)15-3-2-8-22-15/h2-8,13,18H,9-11H2,1H3,(H,17,19)/t13-/m1/s1. The van der Waals surface area contributed by atoms with Crippen LogP contribution in [0.5, 0.6) is 5.75 Å². The number of aliphatic hydroxyl groups is 1. The van der Waals surface area contributed by atoms with Gasteiger partial charge in [-0.15, -0.1) is 11.3 Å². The second-order valence-electron chi connectivity index (χ2n) is 4.70. The summed E-state index contributed by atoms with van der Waals surface area (Å²) < 4.78 is 10.5. The van der Waals surface area contributed by atoms with E-state index in [0.29, 0.717) is 11.5 Å². The Bertz CT molecular complexity index is 568. The molecule has 2 N–H and O–H groups in total. The van der Waals surface area contributed by atoms with E-state index in [9.17, 15) is 9.90 Å². The Hall–Kier alpha value is -1.89. The molecule has 1 aromatic carbocycles. The highest BCUT2D eigenvalue weighted by molar-refractivity contribution is 7.12. The molecule has 0 aliphatic heterocycles. The summed E-state index contributed by atoms with van der Waals surface area (Å²) in [5.74, 6) is 0.615. The highest BCUT2D eigenvalue weighted by Gasteiger charge is 2.09. The Labute approximate surface area is 133 Å². The SMILES string of the molecule is COc1ccc(COC[C@H](O)CNC(=O)c2cccs2)cc1. The molecule has 0 bridgehead atoms. The molecule has 0 aliphatic carbocycles. The van der Waals surface area contributed by atoms with Gasteiger partial charge in [-0.3, -0.25) is 4.79 Å². The zero-order chi connectivity index (χ0) is 15.8. The van der Waals surface area contributed by atoms with E-state index >= 15 is 0 Å². The van der Waals surface area contributed by atoms with Crippen molar-refractivity contribution in [2.45, 2.75) is 12.7 Å². The molecule has 2 aromatic rings. The first-order valence-electron chi connectivity index (χ1n) is 6.89. The molecule has 0 radical (unpaired) electrons. The maximum absolute atomic E-state index is 11.7. The molecule has 0 saturated carbocycles. The van der Waals surface area contributed by atoms with Crippen LogP contribution in [0.1, 0.15) is 15.2 Å². The van der Waals surface area contributed by atoms with Crippen molar-refractivity contribution in [3.63, 3.8) is 0 Å². The number of carbonyl (C=O) groups excluding carboxylic acids is 1. The quantitative estimate of drug-likeness (QED) is 0.781. The number of benzene rings is 1. The van der Waals surface area contributed by atoms with Crippen LogP contribution in [0.4, 0.5) is 0 Å². The summed E-state index contributed by atoms with van der Waals surface area (Å²) in [5.41, 5.74) is 0.996. The van der Waals surface area contributed by atoms with Crippen LogP contribution < -0.4 is 10.1 Å². The number of thiophene rings is 1. The third-order valence-electron chi connectivity index (χ3n) is 2.98. The van der Waals surface area contributed by atoms with Gasteiger partial charge in [0.25, 0.3) is 5.91 Å². The number of aliphatic hydroxyl groups excluding tert-OH is 1. The monoisotopic (exact) mass is 321 g/mol. The molecule has 22 heavy (non-hydrogen) atoms. The van der Waals surface area contributed by atoms with Gasteiger partial charge in [-0.05, 0) is 29.1 Å². The van der Waals surface area contributed by atoms with Crippen LogP contribution >= 0.6 is 11.3 Å². The number of methoxy groups -OCH3 is 1. The van der Waals surface area contributed by atoms with E-state index in [-0.39, 0.29) is 19.1 Å². The zero-order valence-electron chi connectivity index (χ0n) is 12.3. The predicted molar refractivity (Wildman–Crippen MR) is 85.3 cm³/mol. The van der Waals surface area contributed by atoms with Crippen molar-refractivity contribution < 1.29 is 19.4 Å². The van der Waals surface area contributed by atoms with Gasteiger partial charge >= 0.3 is 0 Å². The highest BCUT2D eigenvalue weighted by Crippen LogP contribution is 2.12. The Balaban J connectivity index is 1.64. The minimum Gasteiger partial charge on any atom is -0.497 e. The molecule has 1 aromatic heterocycles. The minimum absolute atomic E-state index is 0.163. The molecule has 118 valence electrons. The van der Waals surface area contributed by atoms with Gasteiger partial charge in [0.15, 0.2) is 0 Å². The van der Waals surface area contributed by atoms with Gasteiger partial charge in [-0.25, -0.2) is 0 Å². The zero-order valence-corrected chi connectivity index (χ0v) is 13.1. The largest absolute Gasteiger partial charge is 0.497 e. The second-order valence-corrected chi connectivity index (χ2v) is 5.65. The summed E-state index contributed by atoms with van der Waals surface area (Å²) in [5, 5.41) is 14.3. The highest BCUT2D eigenvalue weighted by atomic mass is 32.1. The maximum Gasteiger partial charge on any atom is 0.261 e. The van der Waals surface area contributed by atoms with Crippen LogP contribution in [0.2, 0.25) is 0 Å². The minimum atomic E-state index is -0.734. The molecular weight excluding hydrogens is 302 g/mol. The molecule has 1 heterocycles. The summed E-state index contributed by atoms with van der Waals surface area (Å²) in [6, 6.07) is 11.1. The number of hydrogen-bond donors (Lipinski definition) is 2. The summed E-state index contributed by atoms with van der Waals surface area (Å²) in [6.45, 7) is 0.732. The molecule has 0 spiro atoms. The van der Waals surface area contributed by atoms with Gasteiger partial charge in [-0.1, -0.05) is 18.2 Å². The maximum atomic E-state index is 11.7. The molecule has 6 heteroatoms. The van der Waals surface area contributed by atoms with Gasteiger partial charge in [0.05, 0.1) is 31.3 Å². The van der Waals surface area contributed by atoms with E-state index < -0.39 is 6.10 Å². The van der Waals surface area contributed by atoms with Crippen molar-refractivity contribution in [3.8, 4) is 5.75 Å². The Morgan fingerprint density at radius 1 is 1.32 bits per heavy atom. The third kappa shape index (κ3) is 5.14. The predicted octanol–water partition coefficient (Wildman–Crippen LogP) is 2.06. The molecule has 1 amide bonds. The van der Waals surface area contributed by atoms with E-state index in [4.69, 9.17) is 9.47 Å². The first-order chi connectivity index (χ1) is 10.7. The van der Waals surface area contributed by atoms with Crippen molar-refractivity contribution in [3.05, 3.63) is 52.2 Å². The van der Waals surface area contributed by atoms with E-state index in [1.165, 1.54) is 11.3 Å². The Morgan fingerprint density at radius 2 is 2.09 bits per heavy atom. The number of nitrogens with one attached hydrogen (secondary N) is 1. The fraction of sp³-hybridized carbons (Fsp3) is 0.312. The lowest BCUT2D eigenvalue weighted by Gasteiger charge is -2.12. The van der Waals surface area contributed by atoms with Gasteiger partial charge in [-0.2, -0.15) is 0 Å². The van der Waals surface area contributed by atoms with Crippen LogP contribution in [0.25, 0.3) is 0 Å². The lowest BCUT2D eigenvalue weighted by molar-refractivity contribution is 0.0285. The summed E-state index contributed by atoms with van der Waals surface area (Å²) in [7, 11) is 1.62. The Morgan fingerprint density at radius 3 is 2.73 bits per heavy atom. The number of amides is 1. The van der Waals surface area contributed by atoms with E-state index in [1.807, 2.05) is 35.7 Å². The topological polar surface area (TPSA) is 67.8 Å². The number of carbonyl (C=O) groups is 1. The molecule has 0 unspecified atom stereocenters. The average molecular weight is 321 g/mol. The third-order valence-corrected chi connectivity index (χ3v) is 3.85. The van der Waals surface area contributed by atoms with Crippen molar-refractivity contribution >= 4 is 17.2 Å². The van der Waals surface area contributed by atoms with Gasteiger partial charge in [0.1, 0.15) is 5.75 Å². The summed E-state index contributed by atoms with van der Waals surface area (Å²) in [6.07, 6.45) is -0.734. The van der Waals surface area contributed by atoms with E-state index in [2.05, 4.69) is 5.32 Å². The average Bonchev–Trinajstić information content (AvgIpc) is 3.08. The molecule has 0 aliphatic rings. The number of rotatable bonds is 8. The fourth-order valence-electron chi connectivity index (χ4n) is 1.80. The first-order valence-corrected chi connectivity index (χ1v) is 7.77. The summed E-state index contributed by atoms with van der Waals surface area (Å²) >= 11 is 1.37. The van der Waals surface area contributed by atoms with E-state index in [1.54, 1.807) is 13.2 Å². The number of ether oxygens (including phenoxy) is 2. The van der Waals surface area contributed by atoms with Crippen LogP contribution in [0, 0.1) is 0 Å². The van der Waals surface area contributed by atoms with Crippen molar-refractivity contribution in [2.75, 3.05) is 20.3 Å². The van der Waals surface area contributed by atoms with Crippen molar-refractivity contribution in [1.82, 2.24) is 5.32 Å². The molecular formula is C16H19NO4S. The fourth-order valence-corrected chi connectivity index (χ4v) is 2.44. The van der Waals surface area contributed by atoms with Crippen molar-refractivity contribution in [2.24, 2.45) is 0 Å². The molecule has 0 fully saturated rings. The smallest absolute Gasteiger partial charge is 0.261 e. The summed E-state index contributed by atoms with van der Waals surface area (Å²) in [4.78, 5) is 12.3. The van der Waals surface area contributed by atoms with Crippen LogP contribution in [0.3, 0.4) is 0 Å². The second kappa shape index (κ2) is 8.53. The normalized spacial score (nSPS) is 11.9. The lowest BCUT2D eigenvalue weighted by atomic mass is 10.2. The van der Waals surface area contributed by atoms with Gasteiger partial charge in [0, 0.05) is 6.54 Å². The number of hydrogen-bond acceptors (Lipinski definition) is 5. The van der Waals surface area contributed by atoms with E-state index in [0.717, 1.165) is 11.3 Å².